The Hall–Kier alpha value is -2.46. The Labute approximate surface area is 192 Å². The number of nitrogens with one attached hydrogen (secondary N) is 1. The molecule has 1 amide bonds. The number of pyridine rings is 1. The van der Waals surface area contributed by atoms with Crippen molar-refractivity contribution in [2.45, 2.75) is 22.1 Å². The first-order chi connectivity index (χ1) is 15.3. The second-order valence-corrected chi connectivity index (χ2v) is 11.1. The molecule has 0 unspecified atom stereocenters. The van der Waals surface area contributed by atoms with E-state index < -0.39 is 15.3 Å². The summed E-state index contributed by atoms with van der Waals surface area (Å²) in [6.45, 7) is 4.18. The van der Waals surface area contributed by atoms with E-state index in [1.54, 1.807) is 12.1 Å². The third kappa shape index (κ3) is 4.96. The summed E-state index contributed by atoms with van der Waals surface area (Å²) in [7, 11) is -1.57. The molecule has 2 heterocycles. The van der Waals surface area contributed by atoms with E-state index in [0.717, 1.165) is 16.5 Å². The fourth-order valence-corrected chi connectivity index (χ4v) is 5.73. The van der Waals surface area contributed by atoms with E-state index in [2.05, 4.69) is 15.2 Å². The predicted molar refractivity (Wildman–Crippen MR) is 128 cm³/mol. The molecule has 1 aliphatic heterocycles. The van der Waals surface area contributed by atoms with Gasteiger partial charge in [-0.15, -0.1) is 0 Å². The van der Waals surface area contributed by atoms with E-state index in [4.69, 9.17) is 0 Å². The molecule has 32 heavy (non-hydrogen) atoms. The molecule has 4 rings (SSSR count). The Bertz CT molecular complexity index is 1200. The zero-order chi connectivity index (χ0) is 22.7. The molecule has 2 aromatic carbocycles. The van der Waals surface area contributed by atoms with Gasteiger partial charge in [-0.25, -0.2) is 13.4 Å². The molecule has 0 aliphatic carbocycles. The van der Waals surface area contributed by atoms with E-state index in [0.29, 0.717) is 31.2 Å². The second-order valence-electron chi connectivity index (χ2n) is 7.82. The number of thioether (sulfide) groups is 1. The van der Waals surface area contributed by atoms with E-state index >= 15 is 0 Å². The third-order valence-electron chi connectivity index (χ3n) is 5.52. The first kappa shape index (κ1) is 22.7. The van der Waals surface area contributed by atoms with E-state index in [1.807, 2.05) is 56.4 Å². The lowest BCUT2D eigenvalue weighted by molar-refractivity contribution is -0.115. The van der Waals surface area contributed by atoms with Gasteiger partial charge in [0.2, 0.25) is 15.9 Å². The van der Waals surface area contributed by atoms with Crippen molar-refractivity contribution in [2.75, 3.05) is 38.5 Å². The molecule has 1 N–H and O–H groups in total. The average molecular weight is 471 g/mol. The van der Waals surface area contributed by atoms with Crippen LogP contribution in [0.15, 0.2) is 70.7 Å². The monoisotopic (exact) mass is 470 g/mol. The summed E-state index contributed by atoms with van der Waals surface area (Å²) in [6.07, 6.45) is 1.38. The van der Waals surface area contributed by atoms with Gasteiger partial charge in [-0.2, -0.15) is 4.31 Å². The molecule has 1 aromatic heterocycles. The van der Waals surface area contributed by atoms with Gasteiger partial charge in [0, 0.05) is 43.4 Å². The molecule has 1 atom stereocenters. The van der Waals surface area contributed by atoms with E-state index in [-0.39, 0.29) is 10.8 Å². The summed E-state index contributed by atoms with van der Waals surface area (Å²) in [4.78, 5) is 19.3. The van der Waals surface area contributed by atoms with Crippen LogP contribution in [0.25, 0.3) is 10.8 Å². The largest absolute Gasteiger partial charge is 0.325 e. The van der Waals surface area contributed by atoms with Gasteiger partial charge >= 0.3 is 0 Å². The number of carbonyl (C=O) groups is 1. The Morgan fingerprint density at radius 1 is 1.03 bits per heavy atom. The van der Waals surface area contributed by atoms with Crippen LogP contribution in [0, 0.1) is 0 Å². The Balaban J connectivity index is 1.41. The lowest BCUT2D eigenvalue weighted by atomic mass is 10.1. The number of piperazine rings is 1. The van der Waals surface area contributed by atoms with Crippen molar-refractivity contribution in [1.29, 1.82) is 0 Å². The lowest BCUT2D eigenvalue weighted by Gasteiger charge is -2.31. The smallest absolute Gasteiger partial charge is 0.244 e. The molecule has 0 radical (unpaired) electrons. The van der Waals surface area contributed by atoms with Crippen LogP contribution in [0.5, 0.6) is 0 Å². The van der Waals surface area contributed by atoms with Gasteiger partial charge in [-0.1, -0.05) is 48.2 Å². The SMILES string of the molecule is C[C@H](Sc1ccc(S(=O)(=O)N2CCN(C)CC2)cn1)C(=O)Nc1cccc2ccccc12. The number of hydrogen-bond acceptors (Lipinski definition) is 6. The van der Waals surface area contributed by atoms with Crippen LogP contribution >= 0.6 is 11.8 Å². The van der Waals surface area contributed by atoms with Gasteiger partial charge in [0.25, 0.3) is 0 Å². The quantitative estimate of drug-likeness (QED) is 0.557. The molecule has 9 heteroatoms. The highest BCUT2D eigenvalue weighted by Crippen LogP contribution is 2.27. The summed E-state index contributed by atoms with van der Waals surface area (Å²) in [5, 5.41) is 5.23. The molecular formula is C23H26N4O3S2. The molecule has 7 nitrogen and oxygen atoms in total. The highest BCUT2D eigenvalue weighted by Gasteiger charge is 2.28. The topological polar surface area (TPSA) is 82.6 Å². The van der Waals surface area contributed by atoms with Crippen molar-refractivity contribution < 1.29 is 13.2 Å². The summed E-state index contributed by atoms with van der Waals surface area (Å²) in [6, 6.07) is 16.9. The van der Waals surface area contributed by atoms with Crippen molar-refractivity contribution >= 4 is 44.2 Å². The van der Waals surface area contributed by atoms with Crippen molar-refractivity contribution in [3.8, 4) is 0 Å². The predicted octanol–water partition coefficient (Wildman–Crippen LogP) is 3.29. The molecule has 0 saturated carbocycles. The summed E-state index contributed by atoms with van der Waals surface area (Å²) in [5.74, 6) is -0.137. The first-order valence-electron chi connectivity index (χ1n) is 10.4. The number of anilines is 1. The van der Waals surface area contributed by atoms with Crippen molar-refractivity contribution in [3.63, 3.8) is 0 Å². The second kappa shape index (κ2) is 9.58. The maximum absolute atomic E-state index is 12.8. The van der Waals surface area contributed by atoms with Crippen molar-refractivity contribution in [2.24, 2.45) is 0 Å². The Morgan fingerprint density at radius 2 is 1.75 bits per heavy atom. The maximum atomic E-state index is 12.8. The molecule has 0 spiro atoms. The lowest BCUT2D eigenvalue weighted by Crippen LogP contribution is -2.47. The van der Waals surface area contributed by atoms with Crippen LogP contribution in [-0.4, -0.2) is 67.0 Å². The van der Waals surface area contributed by atoms with Crippen LogP contribution in [-0.2, 0) is 14.8 Å². The van der Waals surface area contributed by atoms with Gasteiger partial charge in [0.05, 0.1) is 10.3 Å². The van der Waals surface area contributed by atoms with Gasteiger partial charge in [-0.05, 0) is 37.6 Å². The summed E-state index contributed by atoms with van der Waals surface area (Å²) < 4.78 is 27.2. The standard InChI is InChI=1S/C23H26N4O3S2/c1-17(23(28)25-21-9-5-7-18-6-3-4-8-20(18)21)31-22-11-10-19(16-24-22)32(29,30)27-14-12-26(2)13-15-27/h3-11,16-17H,12-15H2,1-2H3,(H,25,28)/t17-/m0/s1. The third-order valence-corrected chi connectivity index (χ3v) is 8.46. The molecule has 168 valence electrons. The number of hydrogen-bond donors (Lipinski definition) is 1. The number of carbonyl (C=O) groups excluding carboxylic acids is 1. The number of sulfonamides is 1. The van der Waals surface area contributed by atoms with E-state index in [1.165, 1.54) is 22.3 Å². The fourth-order valence-electron chi connectivity index (χ4n) is 3.57. The van der Waals surface area contributed by atoms with Crippen molar-refractivity contribution in [1.82, 2.24) is 14.2 Å². The zero-order valence-electron chi connectivity index (χ0n) is 18.1. The molecule has 1 saturated heterocycles. The minimum atomic E-state index is -3.55. The number of aromatic nitrogens is 1. The number of benzene rings is 2. The van der Waals surface area contributed by atoms with Crippen LogP contribution in [0.2, 0.25) is 0 Å². The Morgan fingerprint density at radius 3 is 2.47 bits per heavy atom. The highest BCUT2D eigenvalue weighted by atomic mass is 32.2. The van der Waals surface area contributed by atoms with Gasteiger partial charge < -0.3 is 10.2 Å². The van der Waals surface area contributed by atoms with Gasteiger partial charge in [0.1, 0.15) is 4.90 Å². The number of nitrogens with zero attached hydrogens (tertiary/aromatic N) is 3. The molecular weight excluding hydrogens is 444 g/mol. The van der Waals surface area contributed by atoms with E-state index in [9.17, 15) is 13.2 Å². The average Bonchev–Trinajstić information content (AvgIpc) is 2.80. The van der Waals surface area contributed by atoms with Crippen molar-refractivity contribution in [3.05, 3.63) is 60.8 Å². The van der Waals surface area contributed by atoms with Gasteiger partial charge in [0.15, 0.2) is 0 Å². The summed E-state index contributed by atoms with van der Waals surface area (Å²) >= 11 is 1.29. The minimum Gasteiger partial charge on any atom is -0.325 e. The first-order valence-corrected chi connectivity index (χ1v) is 12.8. The van der Waals surface area contributed by atoms with Gasteiger partial charge in [-0.3, -0.25) is 4.79 Å². The summed E-state index contributed by atoms with van der Waals surface area (Å²) in [5.41, 5.74) is 0.766. The number of likely N-dealkylation sites (N-methyl/N-ethyl adjacent to an activating group) is 1. The van der Waals surface area contributed by atoms with Crippen LogP contribution in [0.4, 0.5) is 5.69 Å². The normalized spacial score (nSPS) is 16.7. The number of fused-ring (bicyclic) bond motifs is 1. The van der Waals surface area contributed by atoms with Crippen LogP contribution < -0.4 is 5.32 Å². The molecule has 1 fully saturated rings. The minimum absolute atomic E-state index is 0.137. The van der Waals surface area contributed by atoms with Crippen LogP contribution in [0.3, 0.4) is 0 Å². The molecule has 3 aromatic rings. The fraction of sp³-hybridized carbons (Fsp3) is 0.304. The zero-order valence-corrected chi connectivity index (χ0v) is 19.7. The highest BCUT2D eigenvalue weighted by molar-refractivity contribution is 8.00. The molecule has 0 bridgehead atoms. The maximum Gasteiger partial charge on any atom is 0.244 e. The number of rotatable bonds is 6. The molecule has 1 aliphatic rings. The number of amides is 1. The van der Waals surface area contributed by atoms with Crippen LogP contribution in [0.1, 0.15) is 6.92 Å². The Kier molecular flexibility index (Phi) is 6.80.